The van der Waals surface area contributed by atoms with Crippen LogP contribution in [0.25, 0.3) is 0 Å². The van der Waals surface area contributed by atoms with Crippen LogP contribution in [-0.2, 0) is 4.79 Å². The van der Waals surface area contributed by atoms with Crippen LogP contribution in [0.15, 0.2) is 0 Å². The molecule has 86 valence electrons. The van der Waals surface area contributed by atoms with Gasteiger partial charge in [0.15, 0.2) is 0 Å². The number of hydrogen-bond acceptors (Lipinski definition) is 2. The first-order valence-electron chi connectivity index (χ1n) is 5.22. The van der Waals surface area contributed by atoms with Crippen molar-refractivity contribution in [2.45, 2.75) is 39.3 Å². The second-order valence-corrected chi connectivity index (χ2v) is 4.21. The fourth-order valence-electron chi connectivity index (χ4n) is 1.82. The van der Waals surface area contributed by atoms with Gasteiger partial charge in [-0.2, -0.15) is 0 Å². The Labute approximate surface area is 89.7 Å². The van der Waals surface area contributed by atoms with E-state index in [9.17, 15) is 9.59 Å². The van der Waals surface area contributed by atoms with Crippen LogP contribution in [0.1, 0.15) is 27.2 Å². The summed E-state index contributed by atoms with van der Waals surface area (Å²) in [6.45, 7) is 7.02. The molecule has 1 saturated heterocycles. The number of carboxylic acids is 1. The van der Waals surface area contributed by atoms with Crippen LogP contribution >= 0.6 is 0 Å². The second-order valence-electron chi connectivity index (χ2n) is 4.21. The Morgan fingerprint density at radius 2 is 1.87 bits per heavy atom. The molecule has 1 atom stereocenters. The molecule has 0 aromatic heterocycles. The van der Waals surface area contributed by atoms with Gasteiger partial charge >= 0.3 is 12.0 Å². The molecule has 0 bridgehead atoms. The first-order valence-corrected chi connectivity index (χ1v) is 5.22. The molecule has 5 heteroatoms. The fourth-order valence-corrected chi connectivity index (χ4v) is 1.82. The van der Waals surface area contributed by atoms with Crippen molar-refractivity contribution in [3.63, 3.8) is 0 Å². The summed E-state index contributed by atoms with van der Waals surface area (Å²) in [5.41, 5.74) is 0. The van der Waals surface area contributed by atoms with Crippen molar-refractivity contribution in [3.8, 4) is 0 Å². The van der Waals surface area contributed by atoms with Crippen LogP contribution in [-0.4, -0.2) is 52.1 Å². The Kier molecular flexibility index (Phi) is 3.55. The molecule has 5 nitrogen and oxygen atoms in total. The van der Waals surface area contributed by atoms with Gasteiger partial charge in [0.2, 0.25) is 0 Å². The summed E-state index contributed by atoms with van der Waals surface area (Å²) < 4.78 is 0. The van der Waals surface area contributed by atoms with E-state index >= 15 is 0 Å². The van der Waals surface area contributed by atoms with Crippen LogP contribution in [0.3, 0.4) is 0 Å². The average Bonchev–Trinajstić information content (AvgIpc) is 2.45. The third kappa shape index (κ3) is 2.61. The van der Waals surface area contributed by atoms with Gasteiger partial charge in [0.25, 0.3) is 0 Å². The van der Waals surface area contributed by atoms with E-state index in [4.69, 9.17) is 5.11 Å². The molecule has 1 rings (SSSR count). The van der Waals surface area contributed by atoms with Gasteiger partial charge in [-0.3, -0.25) is 4.79 Å². The topological polar surface area (TPSA) is 60.9 Å². The molecule has 0 aliphatic carbocycles. The predicted octanol–water partition coefficient (Wildman–Crippen LogP) is 0.996. The monoisotopic (exact) mass is 214 g/mol. The normalized spacial score (nSPS) is 18.8. The van der Waals surface area contributed by atoms with Crippen molar-refractivity contribution in [2.75, 3.05) is 13.1 Å². The van der Waals surface area contributed by atoms with E-state index in [0.717, 1.165) is 0 Å². The van der Waals surface area contributed by atoms with E-state index in [1.54, 1.807) is 16.7 Å². The molecule has 1 heterocycles. The molecule has 1 aliphatic heterocycles. The summed E-state index contributed by atoms with van der Waals surface area (Å²) in [6, 6.07) is -0.0861. The molecule has 0 aromatic carbocycles. The molecule has 1 N–H and O–H groups in total. The summed E-state index contributed by atoms with van der Waals surface area (Å²) in [6.07, 6.45) is 0.0116. The number of carbonyl (C=O) groups is 2. The number of aliphatic carboxylic acids is 1. The largest absolute Gasteiger partial charge is 0.481 e. The highest BCUT2D eigenvalue weighted by atomic mass is 16.4. The molecule has 0 aromatic rings. The minimum atomic E-state index is -0.863. The number of hydrogen-bond donors (Lipinski definition) is 1. The van der Waals surface area contributed by atoms with Crippen molar-refractivity contribution >= 4 is 12.0 Å². The zero-order chi connectivity index (χ0) is 11.6. The average molecular weight is 214 g/mol. The van der Waals surface area contributed by atoms with Crippen LogP contribution in [0.4, 0.5) is 4.79 Å². The lowest BCUT2D eigenvalue weighted by Crippen LogP contribution is -2.40. The molecular weight excluding hydrogens is 196 g/mol. The lowest BCUT2D eigenvalue weighted by Gasteiger charge is -2.25. The standard InChI is InChI=1S/C10H18N2O3/c1-7(2)11-4-5-12(10(11)15)8(3)6-9(13)14/h7-8H,4-6H2,1-3H3,(H,13,14). The third-order valence-electron chi connectivity index (χ3n) is 2.70. The Hall–Kier alpha value is -1.26. The van der Waals surface area contributed by atoms with Crippen molar-refractivity contribution in [1.29, 1.82) is 0 Å². The number of amides is 2. The molecule has 0 spiro atoms. The smallest absolute Gasteiger partial charge is 0.320 e. The first kappa shape index (κ1) is 11.8. The summed E-state index contributed by atoms with van der Waals surface area (Å²) in [5, 5.41) is 8.65. The van der Waals surface area contributed by atoms with Gasteiger partial charge in [-0.15, -0.1) is 0 Å². The Balaban J connectivity index is 2.59. The van der Waals surface area contributed by atoms with Gasteiger partial charge in [0.05, 0.1) is 6.42 Å². The van der Waals surface area contributed by atoms with Crippen molar-refractivity contribution in [1.82, 2.24) is 9.80 Å². The zero-order valence-corrected chi connectivity index (χ0v) is 9.43. The molecule has 1 fully saturated rings. The predicted molar refractivity (Wildman–Crippen MR) is 55.7 cm³/mol. The first-order chi connectivity index (χ1) is 6.93. The Morgan fingerprint density at radius 3 is 2.27 bits per heavy atom. The highest BCUT2D eigenvalue weighted by Gasteiger charge is 2.33. The van der Waals surface area contributed by atoms with E-state index in [0.29, 0.717) is 13.1 Å². The van der Waals surface area contributed by atoms with Gasteiger partial charge < -0.3 is 14.9 Å². The number of carbonyl (C=O) groups excluding carboxylic acids is 1. The van der Waals surface area contributed by atoms with Gasteiger partial charge in [0.1, 0.15) is 0 Å². The molecule has 1 aliphatic rings. The lowest BCUT2D eigenvalue weighted by atomic mass is 10.2. The molecule has 15 heavy (non-hydrogen) atoms. The van der Waals surface area contributed by atoms with Crippen LogP contribution in [0.5, 0.6) is 0 Å². The Morgan fingerprint density at radius 1 is 1.33 bits per heavy atom. The minimum absolute atomic E-state index is 0.0116. The van der Waals surface area contributed by atoms with Crippen molar-refractivity contribution in [3.05, 3.63) is 0 Å². The van der Waals surface area contributed by atoms with Gasteiger partial charge in [-0.1, -0.05) is 0 Å². The maximum atomic E-state index is 11.8. The van der Waals surface area contributed by atoms with Crippen LogP contribution in [0.2, 0.25) is 0 Å². The third-order valence-corrected chi connectivity index (χ3v) is 2.70. The van der Waals surface area contributed by atoms with E-state index < -0.39 is 5.97 Å². The van der Waals surface area contributed by atoms with Crippen molar-refractivity contribution in [2.24, 2.45) is 0 Å². The van der Waals surface area contributed by atoms with E-state index in [2.05, 4.69) is 0 Å². The molecule has 0 saturated carbocycles. The molecule has 2 amide bonds. The van der Waals surface area contributed by atoms with Gasteiger partial charge in [0, 0.05) is 25.2 Å². The van der Waals surface area contributed by atoms with E-state index in [-0.39, 0.29) is 24.5 Å². The highest BCUT2D eigenvalue weighted by Crippen LogP contribution is 2.16. The minimum Gasteiger partial charge on any atom is -0.481 e. The maximum absolute atomic E-state index is 11.8. The van der Waals surface area contributed by atoms with E-state index in [1.165, 1.54) is 0 Å². The Bertz CT molecular complexity index is 265. The van der Waals surface area contributed by atoms with Crippen molar-refractivity contribution < 1.29 is 14.7 Å². The van der Waals surface area contributed by atoms with Gasteiger partial charge in [-0.05, 0) is 20.8 Å². The summed E-state index contributed by atoms with van der Waals surface area (Å²) in [4.78, 5) is 25.8. The van der Waals surface area contributed by atoms with E-state index in [1.807, 2.05) is 13.8 Å². The SMILES string of the molecule is CC(C)N1CCN(C(C)CC(=O)O)C1=O. The van der Waals surface area contributed by atoms with Gasteiger partial charge in [-0.25, -0.2) is 4.79 Å². The summed E-state index contributed by atoms with van der Waals surface area (Å²) in [5.74, 6) is -0.863. The fraction of sp³-hybridized carbons (Fsp3) is 0.800. The number of carboxylic acid groups (broad SMARTS) is 1. The van der Waals surface area contributed by atoms with Crippen LogP contribution in [0, 0.1) is 0 Å². The number of urea groups is 1. The summed E-state index contributed by atoms with van der Waals surface area (Å²) >= 11 is 0. The second kappa shape index (κ2) is 4.51. The maximum Gasteiger partial charge on any atom is 0.320 e. The highest BCUT2D eigenvalue weighted by molar-refractivity contribution is 5.78. The molecule has 0 radical (unpaired) electrons. The molecule has 1 unspecified atom stereocenters. The number of rotatable bonds is 4. The van der Waals surface area contributed by atoms with Crippen LogP contribution < -0.4 is 0 Å². The lowest BCUT2D eigenvalue weighted by molar-refractivity contribution is -0.137. The molecular formula is C10H18N2O3. The quantitative estimate of drug-likeness (QED) is 0.759. The number of nitrogens with zero attached hydrogens (tertiary/aromatic N) is 2. The summed E-state index contributed by atoms with van der Waals surface area (Å²) in [7, 11) is 0. The zero-order valence-electron chi connectivity index (χ0n) is 9.43.